The summed E-state index contributed by atoms with van der Waals surface area (Å²) in [6.45, 7) is 2.17. The first-order valence-corrected chi connectivity index (χ1v) is 5.18. The molecule has 0 saturated carbocycles. The Kier molecular flexibility index (Phi) is 3.01. The monoisotopic (exact) mass is 235 g/mol. The number of hydrogen-bond acceptors (Lipinski definition) is 3. The lowest BCUT2D eigenvalue weighted by atomic mass is 10.4. The molecule has 16 heavy (non-hydrogen) atoms. The van der Waals surface area contributed by atoms with Crippen molar-refractivity contribution in [2.45, 2.75) is 13.5 Å². The first-order valence-electron chi connectivity index (χ1n) is 4.81. The lowest BCUT2D eigenvalue weighted by Crippen LogP contribution is -2.19. The largest absolute Gasteiger partial charge is 0.308 e. The van der Waals surface area contributed by atoms with Gasteiger partial charge in [-0.1, -0.05) is 17.7 Å². The summed E-state index contributed by atoms with van der Waals surface area (Å²) in [5, 5.41) is 0.395. The van der Waals surface area contributed by atoms with Gasteiger partial charge in [0, 0.05) is 18.0 Å². The highest BCUT2D eigenvalue weighted by Crippen LogP contribution is 2.06. The summed E-state index contributed by atoms with van der Waals surface area (Å²) in [6.07, 6.45) is 1.70. The van der Waals surface area contributed by atoms with Crippen molar-refractivity contribution in [3.8, 4) is 0 Å². The summed E-state index contributed by atoms with van der Waals surface area (Å²) in [5.74, 6) is 0.540. The molecule has 0 spiro atoms. The van der Waals surface area contributed by atoms with Gasteiger partial charge in [-0.2, -0.15) is 0 Å². The van der Waals surface area contributed by atoms with Crippen LogP contribution in [0.25, 0.3) is 0 Å². The minimum absolute atomic E-state index is 0.0799. The van der Waals surface area contributed by atoms with Crippen molar-refractivity contribution in [3.63, 3.8) is 0 Å². The van der Waals surface area contributed by atoms with Gasteiger partial charge >= 0.3 is 0 Å². The molecule has 0 fully saturated rings. The average Bonchev–Trinajstić information content (AvgIpc) is 2.20. The van der Waals surface area contributed by atoms with Gasteiger partial charge in [0.2, 0.25) is 0 Å². The number of nitrogens with zero attached hydrogens (tertiary/aromatic N) is 3. The van der Waals surface area contributed by atoms with Crippen LogP contribution in [0.5, 0.6) is 0 Å². The van der Waals surface area contributed by atoms with Crippen molar-refractivity contribution >= 4 is 11.6 Å². The van der Waals surface area contributed by atoms with Gasteiger partial charge < -0.3 is 4.57 Å². The molecule has 0 unspecified atom stereocenters. The molecule has 0 aliphatic carbocycles. The Morgan fingerprint density at radius 2 is 2.19 bits per heavy atom. The van der Waals surface area contributed by atoms with Gasteiger partial charge in [-0.15, -0.1) is 0 Å². The van der Waals surface area contributed by atoms with Crippen molar-refractivity contribution in [2.75, 3.05) is 0 Å². The second kappa shape index (κ2) is 4.45. The molecule has 5 heteroatoms. The van der Waals surface area contributed by atoms with Crippen LogP contribution in [0.15, 0.2) is 35.3 Å². The van der Waals surface area contributed by atoms with E-state index in [0.717, 1.165) is 5.69 Å². The molecule has 2 aromatic heterocycles. The van der Waals surface area contributed by atoms with Gasteiger partial charge in [-0.3, -0.25) is 4.79 Å². The zero-order chi connectivity index (χ0) is 11.5. The lowest BCUT2D eigenvalue weighted by Gasteiger charge is -2.04. The predicted octanol–water partition coefficient (Wildman–Crippen LogP) is 1.65. The minimum Gasteiger partial charge on any atom is -0.308 e. The van der Waals surface area contributed by atoms with Crippen LogP contribution in [-0.4, -0.2) is 14.5 Å². The van der Waals surface area contributed by atoms with Crippen molar-refractivity contribution in [1.82, 2.24) is 14.5 Å². The van der Waals surface area contributed by atoms with E-state index in [1.165, 1.54) is 10.6 Å². The van der Waals surface area contributed by atoms with Gasteiger partial charge in [-0.25, -0.2) is 9.97 Å². The molecule has 0 amide bonds. The molecule has 0 aliphatic heterocycles. The van der Waals surface area contributed by atoms with Gasteiger partial charge in [0.15, 0.2) is 0 Å². The second-order valence-electron chi connectivity index (χ2n) is 3.42. The van der Waals surface area contributed by atoms with Crippen LogP contribution in [0.2, 0.25) is 5.15 Å². The molecule has 0 radical (unpaired) electrons. The molecule has 2 heterocycles. The molecule has 0 N–H and O–H groups in total. The molecule has 0 saturated heterocycles. The van der Waals surface area contributed by atoms with E-state index in [1.807, 2.05) is 6.92 Å². The van der Waals surface area contributed by atoms with Crippen molar-refractivity contribution < 1.29 is 0 Å². The zero-order valence-electron chi connectivity index (χ0n) is 8.72. The standard InChI is InChI=1S/C11H10ClN3O/c1-8-6-9(12)14-10(13-8)7-15-5-3-2-4-11(15)16/h2-6H,7H2,1H3. The number of hydrogen-bond donors (Lipinski definition) is 0. The summed E-state index contributed by atoms with van der Waals surface area (Å²) >= 11 is 5.82. The van der Waals surface area contributed by atoms with Gasteiger partial charge in [-0.05, 0) is 19.1 Å². The van der Waals surface area contributed by atoms with E-state index in [9.17, 15) is 4.79 Å². The van der Waals surface area contributed by atoms with E-state index < -0.39 is 0 Å². The third kappa shape index (κ3) is 2.46. The van der Waals surface area contributed by atoms with Crippen LogP contribution in [0.3, 0.4) is 0 Å². The van der Waals surface area contributed by atoms with Gasteiger partial charge in [0.25, 0.3) is 5.56 Å². The van der Waals surface area contributed by atoms with E-state index in [4.69, 9.17) is 11.6 Å². The summed E-state index contributed by atoms with van der Waals surface area (Å²) in [6, 6.07) is 6.66. The topological polar surface area (TPSA) is 47.8 Å². The van der Waals surface area contributed by atoms with E-state index in [2.05, 4.69) is 9.97 Å². The first-order chi connectivity index (χ1) is 7.65. The Morgan fingerprint density at radius 1 is 1.38 bits per heavy atom. The zero-order valence-corrected chi connectivity index (χ0v) is 9.48. The predicted molar refractivity (Wildman–Crippen MR) is 61.6 cm³/mol. The van der Waals surface area contributed by atoms with Crippen LogP contribution in [0.4, 0.5) is 0 Å². The highest BCUT2D eigenvalue weighted by molar-refractivity contribution is 6.29. The van der Waals surface area contributed by atoms with Crippen molar-refractivity contribution in [2.24, 2.45) is 0 Å². The van der Waals surface area contributed by atoms with E-state index in [0.29, 0.717) is 17.5 Å². The van der Waals surface area contributed by atoms with Crippen molar-refractivity contribution in [3.05, 3.63) is 57.5 Å². The highest BCUT2D eigenvalue weighted by Gasteiger charge is 2.02. The lowest BCUT2D eigenvalue weighted by molar-refractivity contribution is 0.711. The van der Waals surface area contributed by atoms with Crippen molar-refractivity contribution in [1.29, 1.82) is 0 Å². The van der Waals surface area contributed by atoms with Gasteiger partial charge in [0.05, 0.1) is 6.54 Å². The normalized spacial score (nSPS) is 10.4. The minimum atomic E-state index is -0.0799. The summed E-state index contributed by atoms with van der Waals surface area (Å²) in [7, 11) is 0. The number of aromatic nitrogens is 3. The molecule has 82 valence electrons. The Balaban J connectivity index is 2.34. The summed E-state index contributed by atoms with van der Waals surface area (Å²) in [5.41, 5.74) is 0.711. The van der Waals surface area contributed by atoms with Gasteiger partial charge in [0.1, 0.15) is 11.0 Å². The fourth-order valence-electron chi connectivity index (χ4n) is 1.40. The third-order valence-electron chi connectivity index (χ3n) is 2.08. The average molecular weight is 236 g/mol. The first kappa shape index (κ1) is 10.8. The maximum atomic E-state index is 11.5. The quantitative estimate of drug-likeness (QED) is 0.744. The fraction of sp³-hybridized carbons (Fsp3) is 0.182. The Morgan fingerprint density at radius 3 is 2.88 bits per heavy atom. The Bertz CT molecular complexity index is 545. The molecule has 0 bridgehead atoms. The van der Waals surface area contributed by atoms with E-state index >= 15 is 0 Å². The number of pyridine rings is 1. The smallest absolute Gasteiger partial charge is 0.250 e. The van der Waals surface area contributed by atoms with Crippen LogP contribution in [-0.2, 0) is 6.54 Å². The molecule has 0 atom stereocenters. The van der Waals surface area contributed by atoms with Crippen LogP contribution < -0.4 is 5.56 Å². The Hall–Kier alpha value is -1.68. The SMILES string of the molecule is Cc1cc(Cl)nc(Cn2ccccc2=O)n1. The molecule has 2 aromatic rings. The summed E-state index contributed by atoms with van der Waals surface area (Å²) in [4.78, 5) is 19.7. The van der Waals surface area contributed by atoms with Crippen LogP contribution in [0, 0.1) is 6.92 Å². The van der Waals surface area contributed by atoms with Crippen LogP contribution in [0.1, 0.15) is 11.5 Å². The molecule has 4 nitrogen and oxygen atoms in total. The number of aryl methyl sites for hydroxylation is 1. The molecule has 0 aliphatic rings. The maximum Gasteiger partial charge on any atom is 0.250 e. The molecule has 2 rings (SSSR count). The van der Waals surface area contributed by atoms with E-state index in [1.54, 1.807) is 24.4 Å². The van der Waals surface area contributed by atoms with E-state index in [-0.39, 0.29) is 5.56 Å². The third-order valence-corrected chi connectivity index (χ3v) is 2.27. The molecular formula is C11H10ClN3O. The molecule has 0 aromatic carbocycles. The van der Waals surface area contributed by atoms with Crippen LogP contribution >= 0.6 is 11.6 Å². The summed E-state index contributed by atoms with van der Waals surface area (Å²) < 4.78 is 1.53. The fourth-order valence-corrected chi connectivity index (χ4v) is 1.66. The second-order valence-corrected chi connectivity index (χ2v) is 3.80. The molecular weight excluding hydrogens is 226 g/mol. The highest BCUT2D eigenvalue weighted by atomic mass is 35.5. The Labute approximate surface area is 97.6 Å². The maximum absolute atomic E-state index is 11.5. The number of halogens is 1. The number of rotatable bonds is 2.